The number of methoxy groups -OCH3 is 1. The van der Waals surface area contributed by atoms with E-state index in [2.05, 4.69) is 10.1 Å². The summed E-state index contributed by atoms with van der Waals surface area (Å²) in [7, 11) is 3.38. The number of benzene rings is 1. The highest BCUT2D eigenvalue weighted by Gasteiger charge is 2.18. The highest BCUT2D eigenvalue weighted by Crippen LogP contribution is 2.25. The third-order valence-electron chi connectivity index (χ3n) is 5.09. The van der Waals surface area contributed by atoms with E-state index in [1.54, 1.807) is 55.7 Å². The molecular weight excluding hydrogens is 392 g/mol. The zero-order valence-corrected chi connectivity index (χ0v) is 19.3. The molecule has 0 atom stereocenters. The molecule has 1 aliphatic rings. The number of hydrogen-bond donors (Lipinski definition) is 1. The van der Waals surface area contributed by atoms with Crippen molar-refractivity contribution in [2.24, 2.45) is 5.10 Å². The number of pyridine rings is 1. The molecule has 1 aliphatic heterocycles. The Kier molecular flexibility index (Phi) is 9.31. The van der Waals surface area contributed by atoms with Crippen LogP contribution in [0.5, 0.6) is 11.5 Å². The van der Waals surface area contributed by atoms with Gasteiger partial charge in [-0.25, -0.2) is 4.98 Å². The molecule has 0 spiro atoms. The Bertz CT molecular complexity index is 875. The van der Waals surface area contributed by atoms with Crippen LogP contribution < -0.4 is 9.75 Å². The second-order valence-electron chi connectivity index (χ2n) is 7.06. The molecule has 1 fully saturated rings. The molecular formula is C24H34N4O3. The molecule has 1 aromatic carbocycles. The van der Waals surface area contributed by atoms with Crippen LogP contribution in [-0.2, 0) is 0 Å². The third kappa shape index (κ3) is 6.20. The fraction of sp³-hybridized carbons (Fsp3) is 0.458. The maximum Gasteiger partial charge on any atom is 0.255 e. The molecule has 0 radical (unpaired) electrons. The smallest absolute Gasteiger partial charge is 0.255 e. The fourth-order valence-electron chi connectivity index (χ4n) is 3.40. The van der Waals surface area contributed by atoms with E-state index >= 15 is 0 Å². The van der Waals surface area contributed by atoms with Gasteiger partial charge < -0.3 is 14.7 Å². The van der Waals surface area contributed by atoms with Crippen LogP contribution in [0.4, 0.5) is 5.82 Å². The predicted molar refractivity (Wildman–Crippen MR) is 125 cm³/mol. The minimum absolute atomic E-state index is 0.0328. The van der Waals surface area contributed by atoms with E-state index < -0.39 is 0 Å². The highest BCUT2D eigenvalue weighted by atomic mass is 16.5. The quantitative estimate of drug-likeness (QED) is 0.535. The Morgan fingerprint density at radius 3 is 2.48 bits per heavy atom. The van der Waals surface area contributed by atoms with E-state index in [0.717, 1.165) is 25.9 Å². The van der Waals surface area contributed by atoms with Gasteiger partial charge in [0.05, 0.1) is 18.4 Å². The van der Waals surface area contributed by atoms with Gasteiger partial charge in [0.15, 0.2) is 0 Å². The van der Waals surface area contributed by atoms with Crippen LogP contribution in [0, 0.1) is 0 Å². The van der Waals surface area contributed by atoms with Crippen molar-refractivity contribution in [3.8, 4) is 11.5 Å². The number of carbonyl (C=O) groups excluding carboxylic acids is 1. The molecule has 7 heteroatoms. The van der Waals surface area contributed by atoms with Crippen LogP contribution >= 0.6 is 0 Å². The summed E-state index contributed by atoms with van der Waals surface area (Å²) in [5.41, 5.74) is 1.92. The van der Waals surface area contributed by atoms with Gasteiger partial charge in [-0.1, -0.05) is 20.8 Å². The molecule has 1 saturated heterocycles. The Morgan fingerprint density at radius 2 is 1.90 bits per heavy atom. The van der Waals surface area contributed by atoms with Crippen LogP contribution in [0.25, 0.3) is 0 Å². The summed E-state index contributed by atoms with van der Waals surface area (Å²) in [6.45, 7) is 7.60. The van der Waals surface area contributed by atoms with Crippen LogP contribution in [-0.4, -0.2) is 53.9 Å². The van der Waals surface area contributed by atoms with Gasteiger partial charge in [0.25, 0.3) is 5.91 Å². The standard InChI is InChI=1S/C22H28N4O3.C2H6/c1-4-19(18-14-17(29-3)9-10-20(18)27)24-25(2)21-11-8-16(15-23-21)22(28)26-12-6-5-7-13-26;1-2/h8-11,14-15,27H,4-7,12-13H2,1-3H3;1-2H3/b24-19+;. The number of phenolic OH excluding ortho intramolecular Hbond substituents is 1. The molecule has 1 N–H and O–H groups in total. The lowest BCUT2D eigenvalue weighted by molar-refractivity contribution is 0.0724. The van der Waals surface area contributed by atoms with Crippen LogP contribution in [0.15, 0.2) is 41.6 Å². The summed E-state index contributed by atoms with van der Waals surface area (Å²) in [6.07, 6.45) is 5.53. The van der Waals surface area contributed by atoms with Crippen molar-refractivity contribution in [3.63, 3.8) is 0 Å². The van der Waals surface area contributed by atoms with Crippen LogP contribution in [0.3, 0.4) is 0 Å². The molecule has 0 unspecified atom stereocenters. The number of aromatic nitrogens is 1. The SMILES string of the molecule is CC.CC/C(=N\N(C)c1ccc(C(=O)N2CCCCC2)cn1)c1cc(OC)ccc1O. The maximum absolute atomic E-state index is 12.6. The third-order valence-corrected chi connectivity index (χ3v) is 5.09. The lowest BCUT2D eigenvalue weighted by atomic mass is 10.1. The van der Waals surface area contributed by atoms with Gasteiger partial charge in [-0.2, -0.15) is 5.10 Å². The fourth-order valence-corrected chi connectivity index (χ4v) is 3.40. The molecule has 168 valence electrons. The molecule has 0 bridgehead atoms. The molecule has 2 heterocycles. The maximum atomic E-state index is 12.6. The first-order valence-corrected chi connectivity index (χ1v) is 11.0. The van der Waals surface area contributed by atoms with Gasteiger partial charge in [-0.15, -0.1) is 0 Å². The minimum atomic E-state index is 0.0328. The first-order valence-electron chi connectivity index (χ1n) is 11.0. The molecule has 0 aliphatic carbocycles. The summed E-state index contributed by atoms with van der Waals surface area (Å²) < 4.78 is 5.25. The van der Waals surface area contributed by atoms with Gasteiger partial charge >= 0.3 is 0 Å². The Morgan fingerprint density at radius 1 is 1.19 bits per heavy atom. The molecule has 31 heavy (non-hydrogen) atoms. The van der Waals surface area contributed by atoms with Crippen molar-refractivity contribution >= 4 is 17.4 Å². The highest BCUT2D eigenvalue weighted by molar-refractivity contribution is 6.03. The van der Waals surface area contributed by atoms with Gasteiger partial charge in [0.1, 0.15) is 17.3 Å². The largest absolute Gasteiger partial charge is 0.507 e. The lowest BCUT2D eigenvalue weighted by Gasteiger charge is -2.26. The van der Waals surface area contributed by atoms with Crippen molar-refractivity contribution in [2.45, 2.75) is 46.5 Å². The van der Waals surface area contributed by atoms with Crippen molar-refractivity contribution in [2.75, 3.05) is 32.3 Å². The van der Waals surface area contributed by atoms with Crippen molar-refractivity contribution in [3.05, 3.63) is 47.7 Å². The van der Waals surface area contributed by atoms with Gasteiger partial charge in [-0.3, -0.25) is 9.80 Å². The molecule has 3 rings (SSSR count). The number of amides is 1. The van der Waals surface area contributed by atoms with Crippen LogP contribution in [0.2, 0.25) is 0 Å². The predicted octanol–water partition coefficient (Wildman–Crippen LogP) is 4.70. The Hall–Kier alpha value is -3.09. The van der Waals surface area contributed by atoms with Crippen molar-refractivity contribution in [1.82, 2.24) is 9.88 Å². The summed E-state index contributed by atoms with van der Waals surface area (Å²) in [4.78, 5) is 18.9. The number of rotatable bonds is 6. The average Bonchev–Trinajstić information content (AvgIpc) is 2.84. The topological polar surface area (TPSA) is 78.3 Å². The molecule has 0 saturated carbocycles. The number of piperidine rings is 1. The normalized spacial score (nSPS) is 13.8. The Balaban J connectivity index is 0.00000166. The Labute approximate surface area is 185 Å². The zero-order valence-electron chi connectivity index (χ0n) is 19.3. The van der Waals surface area contributed by atoms with E-state index in [1.807, 2.05) is 25.7 Å². The number of ether oxygens (including phenoxy) is 1. The zero-order chi connectivity index (χ0) is 22.8. The van der Waals surface area contributed by atoms with E-state index in [4.69, 9.17) is 4.74 Å². The number of aromatic hydroxyl groups is 1. The summed E-state index contributed by atoms with van der Waals surface area (Å²) in [5.74, 6) is 1.45. The van der Waals surface area contributed by atoms with E-state index in [9.17, 15) is 9.90 Å². The first kappa shape index (κ1) is 24.2. The first-order chi connectivity index (χ1) is 15.0. The summed E-state index contributed by atoms with van der Waals surface area (Å²) in [6, 6.07) is 8.65. The van der Waals surface area contributed by atoms with E-state index in [-0.39, 0.29) is 11.7 Å². The molecule has 7 nitrogen and oxygen atoms in total. The second-order valence-corrected chi connectivity index (χ2v) is 7.06. The van der Waals surface area contributed by atoms with Gasteiger partial charge in [0.2, 0.25) is 0 Å². The summed E-state index contributed by atoms with van der Waals surface area (Å²) >= 11 is 0. The van der Waals surface area contributed by atoms with Gasteiger partial charge in [-0.05, 0) is 56.0 Å². The molecule has 1 amide bonds. The number of nitrogens with zero attached hydrogens (tertiary/aromatic N) is 4. The lowest BCUT2D eigenvalue weighted by Crippen LogP contribution is -2.35. The number of phenols is 1. The number of likely N-dealkylation sites (tertiary alicyclic amines) is 1. The average molecular weight is 427 g/mol. The number of anilines is 1. The van der Waals surface area contributed by atoms with Crippen LogP contribution in [0.1, 0.15) is 62.4 Å². The number of carbonyl (C=O) groups is 1. The minimum Gasteiger partial charge on any atom is -0.507 e. The monoisotopic (exact) mass is 426 g/mol. The van der Waals surface area contributed by atoms with Gasteiger partial charge in [0, 0.05) is 31.9 Å². The molecule has 1 aromatic heterocycles. The second kappa shape index (κ2) is 11.9. The van der Waals surface area contributed by atoms with Crippen molar-refractivity contribution in [1.29, 1.82) is 0 Å². The number of hydrazone groups is 1. The van der Waals surface area contributed by atoms with Crippen molar-refractivity contribution < 1.29 is 14.6 Å². The van der Waals surface area contributed by atoms with E-state index in [0.29, 0.717) is 34.8 Å². The summed E-state index contributed by atoms with van der Waals surface area (Å²) in [5, 5.41) is 16.5. The molecule has 2 aromatic rings. The number of hydrogen-bond acceptors (Lipinski definition) is 6. The van der Waals surface area contributed by atoms with E-state index in [1.165, 1.54) is 6.42 Å².